The normalized spacial score (nSPS) is 11.6. The maximum Gasteiger partial charge on any atom is 0.313 e. The second-order valence-corrected chi connectivity index (χ2v) is 5.45. The average molecular weight is 333 g/mol. The van der Waals surface area contributed by atoms with E-state index in [1.165, 1.54) is 0 Å². The first-order valence-electron chi connectivity index (χ1n) is 7.11. The van der Waals surface area contributed by atoms with E-state index in [9.17, 15) is 14.7 Å². The molecule has 0 aliphatic carbocycles. The molecule has 0 fully saturated rings. The number of benzene rings is 2. The van der Waals surface area contributed by atoms with E-state index >= 15 is 0 Å². The Kier molecular flexibility index (Phi) is 6.14. The highest BCUT2D eigenvalue weighted by atomic mass is 35.5. The van der Waals surface area contributed by atoms with Gasteiger partial charge in [0.05, 0.1) is 6.10 Å². The van der Waals surface area contributed by atoms with Gasteiger partial charge in [0.25, 0.3) is 0 Å². The van der Waals surface area contributed by atoms with Crippen molar-refractivity contribution in [3.8, 4) is 0 Å². The van der Waals surface area contributed by atoms with Gasteiger partial charge in [-0.1, -0.05) is 41.9 Å². The fourth-order valence-electron chi connectivity index (χ4n) is 1.97. The molecule has 0 aliphatic rings. The minimum Gasteiger partial charge on any atom is -0.391 e. The van der Waals surface area contributed by atoms with Gasteiger partial charge in [-0.3, -0.25) is 9.59 Å². The first-order chi connectivity index (χ1) is 11.0. The molecule has 0 aliphatic heterocycles. The van der Waals surface area contributed by atoms with Crippen molar-refractivity contribution < 1.29 is 14.7 Å². The molecular weight excluding hydrogens is 316 g/mol. The molecule has 2 aromatic rings. The smallest absolute Gasteiger partial charge is 0.313 e. The monoisotopic (exact) mass is 332 g/mol. The lowest BCUT2D eigenvalue weighted by Gasteiger charge is -2.12. The molecule has 0 aromatic heterocycles. The summed E-state index contributed by atoms with van der Waals surface area (Å²) < 4.78 is 0. The Balaban J connectivity index is 1.77. The van der Waals surface area contributed by atoms with Crippen LogP contribution < -0.4 is 10.6 Å². The topological polar surface area (TPSA) is 78.4 Å². The van der Waals surface area contributed by atoms with Gasteiger partial charge in [0, 0.05) is 23.7 Å². The number of nitrogens with one attached hydrogen (secondary N) is 2. The number of rotatable bonds is 5. The van der Waals surface area contributed by atoms with Gasteiger partial charge in [-0.05, 0) is 29.8 Å². The minimum atomic E-state index is -0.799. The first-order valence-corrected chi connectivity index (χ1v) is 7.49. The molecule has 0 saturated carbocycles. The van der Waals surface area contributed by atoms with E-state index in [0.29, 0.717) is 17.1 Å². The number of aliphatic hydroxyl groups excluding tert-OH is 1. The third kappa shape index (κ3) is 5.73. The number of carbonyl (C=O) groups is 2. The summed E-state index contributed by atoms with van der Waals surface area (Å²) in [6, 6.07) is 15.8. The second kappa shape index (κ2) is 8.31. The van der Waals surface area contributed by atoms with Crippen LogP contribution in [0.1, 0.15) is 5.56 Å². The van der Waals surface area contributed by atoms with Crippen molar-refractivity contribution in [3.05, 3.63) is 65.2 Å². The van der Waals surface area contributed by atoms with Crippen LogP contribution in [0.15, 0.2) is 54.6 Å². The Bertz CT molecular complexity index is 659. The van der Waals surface area contributed by atoms with Crippen molar-refractivity contribution in [1.82, 2.24) is 5.32 Å². The van der Waals surface area contributed by atoms with E-state index in [1.54, 1.807) is 24.3 Å². The first kappa shape index (κ1) is 17.0. The summed E-state index contributed by atoms with van der Waals surface area (Å²) in [5, 5.41) is 15.3. The lowest BCUT2D eigenvalue weighted by molar-refractivity contribution is -0.136. The molecule has 0 spiro atoms. The van der Waals surface area contributed by atoms with E-state index in [1.807, 2.05) is 30.3 Å². The van der Waals surface area contributed by atoms with Crippen molar-refractivity contribution in [2.75, 3.05) is 11.9 Å². The lowest BCUT2D eigenvalue weighted by Crippen LogP contribution is -2.40. The van der Waals surface area contributed by atoms with Gasteiger partial charge in [0.1, 0.15) is 0 Å². The number of aliphatic hydroxyl groups is 1. The zero-order valence-electron chi connectivity index (χ0n) is 12.3. The third-order valence-corrected chi connectivity index (χ3v) is 3.37. The summed E-state index contributed by atoms with van der Waals surface area (Å²) in [5.41, 5.74) is 1.43. The molecule has 0 radical (unpaired) electrons. The van der Waals surface area contributed by atoms with Crippen molar-refractivity contribution >= 4 is 29.1 Å². The predicted octanol–water partition coefficient (Wildman–Crippen LogP) is 2.00. The molecule has 0 heterocycles. The summed E-state index contributed by atoms with van der Waals surface area (Å²) in [6.07, 6.45) is -0.357. The molecule has 1 unspecified atom stereocenters. The number of carbonyl (C=O) groups excluding carboxylic acids is 2. The molecule has 3 N–H and O–H groups in total. The van der Waals surface area contributed by atoms with Gasteiger partial charge in [0.15, 0.2) is 0 Å². The molecule has 5 nitrogen and oxygen atoms in total. The highest BCUT2D eigenvalue weighted by molar-refractivity contribution is 6.39. The van der Waals surface area contributed by atoms with E-state index < -0.39 is 17.9 Å². The van der Waals surface area contributed by atoms with Crippen LogP contribution in [0.3, 0.4) is 0 Å². The Hall–Kier alpha value is -2.37. The molecule has 23 heavy (non-hydrogen) atoms. The van der Waals surface area contributed by atoms with Crippen molar-refractivity contribution in [2.24, 2.45) is 0 Å². The minimum absolute atomic E-state index is 0.00175. The maximum absolute atomic E-state index is 11.7. The van der Waals surface area contributed by atoms with Crippen molar-refractivity contribution in [2.45, 2.75) is 12.5 Å². The Labute approximate surface area is 139 Å². The summed E-state index contributed by atoms with van der Waals surface area (Å²) in [5.74, 6) is -1.59. The van der Waals surface area contributed by atoms with Crippen molar-refractivity contribution in [1.29, 1.82) is 0 Å². The Morgan fingerprint density at radius 3 is 2.30 bits per heavy atom. The second-order valence-electron chi connectivity index (χ2n) is 5.01. The number of hydrogen-bond acceptors (Lipinski definition) is 3. The molecule has 120 valence electrons. The lowest BCUT2D eigenvalue weighted by atomic mass is 10.1. The molecule has 1 atom stereocenters. The van der Waals surface area contributed by atoms with Crippen LogP contribution >= 0.6 is 11.6 Å². The zero-order valence-corrected chi connectivity index (χ0v) is 13.1. The maximum atomic E-state index is 11.7. The van der Waals surface area contributed by atoms with Gasteiger partial charge >= 0.3 is 11.8 Å². The Morgan fingerprint density at radius 2 is 1.65 bits per heavy atom. The molecule has 0 saturated heterocycles. The van der Waals surface area contributed by atoms with Gasteiger partial charge in [-0.25, -0.2) is 0 Å². The highest BCUT2D eigenvalue weighted by Crippen LogP contribution is 2.13. The SMILES string of the molecule is O=C(NCC(O)Cc1ccccc1)C(=O)Nc1ccc(Cl)cc1. The number of anilines is 1. The van der Waals surface area contributed by atoms with Crippen LogP contribution in [0, 0.1) is 0 Å². The summed E-state index contributed by atoms with van der Waals surface area (Å²) >= 11 is 5.74. The van der Waals surface area contributed by atoms with Gasteiger partial charge < -0.3 is 15.7 Å². The van der Waals surface area contributed by atoms with E-state index in [2.05, 4.69) is 10.6 Å². The fourth-order valence-corrected chi connectivity index (χ4v) is 2.10. The predicted molar refractivity (Wildman–Crippen MR) is 89.2 cm³/mol. The highest BCUT2D eigenvalue weighted by Gasteiger charge is 2.15. The third-order valence-electron chi connectivity index (χ3n) is 3.12. The van der Waals surface area contributed by atoms with Crippen LogP contribution in [-0.4, -0.2) is 29.6 Å². The number of halogens is 1. The van der Waals surface area contributed by atoms with E-state index in [4.69, 9.17) is 11.6 Å². The summed E-state index contributed by atoms with van der Waals surface area (Å²) in [4.78, 5) is 23.4. The quantitative estimate of drug-likeness (QED) is 0.733. The molecular formula is C17H17ClN2O3. The largest absolute Gasteiger partial charge is 0.391 e. The van der Waals surface area contributed by atoms with Crippen molar-refractivity contribution in [3.63, 3.8) is 0 Å². The summed E-state index contributed by atoms with van der Waals surface area (Å²) in [6.45, 7) is 0.00175. The van der Waals surface area contributed by atoms with Crippen LogP contribution in [0.25, 0.3) is 0 Å². The molecule has 0 bridgehead atoms. The standard InChI is InChI=1S/C17H17ClN2O3/c18-13-6-8-14(9-7-13)20-17(23)16(22)19-11-15(21)10-12-4-2-1-3-5-12/h1-9,15,21H,10-11H2,(H,19,22)(H,20,23). The van der Waals surface area contributed by atoms with Gasteiger partial charge in [0.2, 0.25) is 0 Å². The molecule has 2 aromatic carbocycles. The molecule has 2 amide bonds. The molecule has 6 heteroatoms. The van der Waals surface area contributed by atoms with E-state index in [0.717, 1.165) is 5.56 Å². The van der Waals surface area contributed by atoms with Crippen LogP contribution in [0.4, 0.5) is 5.69 Å². The van der Waals surface area contributed by atoms with E-state index in [-0.39, 0.29) is 6.54 Å². The van der Waals surface area contributed by atoms with Gasteiger partial charge in [-0.15, -0.1) is 0 Å². The number of hydrogen-bond donors (Lipinski definition) is 3. The Morgan fingerprint density at radius 1 is 1.00 bits per heavy atom. The average Bonchev–Trinajstić information content (AvgIpc) is 2.55. The zero-order chi connectivity index (χ0) is 16.7. The van der Waals surface area contributed by atoms with Crippen LogP contribution in [-0.2, 0) is 16.0 Å². The molecule has 2 rings (SSSR count). The van der Waals surface area contributed by atoms with Crippen LogP contribution in [0.2, 0.25) is 5.02 Å². The number of amides is 2. The van der Waals surface area contributed by atoms with Crippen LogP contribution in [0.5, 0.6) is 0 Å². The summed E-state index contributed by atoms with van der Waals surface area (Å²) in [7, 11) is 0. The van der Waals surface area contributed by atoms with Gasteiger partial charge in [-0.2, -0.15) is 0 Å². The fraction of sp³-hybridized carbons (Fsp3) is 0.176.